The molecule has 0 aliphatic heterocycles. The van der Waals surface area contributed by atoms with Crippen LogP contribution in [0.2, 0.25) is 0 Å². The average Bonchev–Trinajstić information content (AvgIpc) is 2.93. The first kappa shape index (κ1) is 11.7. The maximum absolute atomic E-state index is 4.38. The lowest BCUT2D eigenvalue weighted by Gasteiger charge is -2.22. The molecule has 2 nitrogen and oxygen atoms in total. The molecule has 0 bridgehead atoms. The Bertz CT molecular complexity index is 519. The predicted molar refractivity (Wildman–Crippen MR) is 77.2 cm³/mol. The minimum atomic E-state index is 0.290. The second-order valence-corrected chi connectivity index (χ2v) is 5.81. The van der Waals surface area contributed by atoms with Gasteiger partial charge in [0, 0.05) is 17.3 Å². The van der Waals surface area contributed by atoms with E-state index in [9.17, 15) is 0 Å². The molecule has 0 fully saturated rings. The van der Waals surface area contributed by atoms with Crippen LogP contribution in [0.1, 0.15) is 41.9 Å². The number of aryl methyl sites for hydroxylation is 1. The maximum atomic E-state index is 4.38. The zero-order chi connectivity index (χ0) is 12.4. The molecule has 1 heterocycles. The van der Waals surface area contributed by atoms with Gasteiger partial charge >= 0.3 is 0 Å². The normalized spacial score (nSPS) is 16.1. The number of benzene rings is 1. The average molecular weight is 258 g/mol. The lowest BCUT2D eigenvalue weighted by molar-refractivity contribution is 0.685. The highest BCUT2D eigenvalue weighted by atomic mass is 32.1. The van der Waals surface area contributed by atoms with E-state index in [0.29, 0.717) is 6.04 Å². The second-order valence-electron chi connectivity index (χ2n) is 4.89. The summed E-state index contributed by atoms with van der Waals surface area (Å²) in [4.78, 5) is 4.38. The molecule has 3 rings (SSSR count). The standard InChI is InChI=1S/C15H18N2S/c1-11(15-16-9-10-18-15)17-14-8-4-6-12-5-2-3-7-13(12)14/h4,6,8-11,17H,2-3,5,7H2,1H3. The molecule has 1 atom stereocenters. The van der Waals surface area contributed by atoms with E-state index < -0.39 is 0 Å². The largest absolute Gasteiger partial charge is 0.376 e. The summed E-state index contributed by atoms with van der Waals surface area (Å²) in [5.74, 6) is 0. The Balaban J connectivity index is 1.84. The molecule has 18 heavy (non-hydrogen) atoms. The van der Waals surface area contributed by atoms with E-state index in [1.54, 1.807) is 11.3 Å². The van der Waals surface area contributed by atoms with Gasteiger partial charge in [0.2, 0.25) is 0 Å². The molecule has 94 valence electrons. The quantitative estimate of drug-likeness (QED) is 0.892. The third-order valence-electron chi connectivity index (χ3n) is 3.59. The van der Waals surface area contributed by atoms with Gasteiger partial charge in [0.1, 0.15) is 5.01 Å². The van der Waals surface area contributed by atoms with Gasteiger partial charge in [-0.05, 0) is 49.8 Å². The van der Waals surface area contributed by atoms with Crippen molar-refractivity contribution in [1.82, 2.24) is 4.98 Å². The summed E-state index contributed by atoms with van der Waals surface area (Å²) < 4.78 is 0. The van der Waals surface area contributed by atoms with Crippen LogP contribution in [0, 0.1) is 0 Å². The summed E-state index contributed by atoms with van der Waals surface area (Å²) in [7, 11) is 0. The summed E-state index contributed by atoms with van der Waals surface area (Å²) in [6.45, 7) is 2.18. The van der Waals surface area contributed by atoms with Crippen LogP contribution in [-0.2, 0) is 12.8 Å². The van der Waals surface area contributed by atoms with Crippen LogP contribution in [0.4, 0.5) is 5.69 Å². The SMILES string of the molecule is CC(Nc1cccc2c1CCCC2)c1nccs1. The minimum Gasteiger partial charge on any atom is -0.376 e. The van der Waals surface area contributed by atoms with Crippen molar-refractivity contribution < 1.29 is 0 Å². The van der Waals surface area contributed by atoms with Crippen molar-refractivity contribution in [2.24, 2.45) is 0 Å². The van der Waals surface area contributed by atoms with Gasteiger partial charge in [-0.1, -0.05) is 12.1 Å². The van der Waals surface area contributed by atoms with Crippen LogP contribution in [0.3, 0.4) is 0 Å². The van der Waals surface area contributed by atoms with E-state index in [4.69, 9.17) is 0 Å². The molecule has 1 N–H and O–H groups in total. The van der Waals surface area contributed by atoms with Gasteiger partial charge in [0.25, 0.3) is 0 Å². The lowest BCUT2D eigenvalue weighted by Crippen LogP contribution is -2.11. The first-order chi connectivity index (χ1) is 8.84. The Hall–Kier alpha value is -1.35. The van der Waals surface area contributed by atoms with E-state index in [1.807, 2.05) is 11.6 Å². The Kier molecular flexibility index (Phi) is 3.33. The van der Waals surface area contributed by atoms with E-state index in [-0.39, 0.29) is 0 Å². The summed E-state index contributed by atoms with van der Waals surface area (Å²) in [5, 5.41) is 6.81. The molecule has 0 radical (unpaired) electrons. The topological polar surface area (TPSA) is 24.9 Å². The van der Waals surface area contributed by atoms with Crippen molar-refractivity contribution >= 4 is 17.0 Å². The number of hydrogen-bond donors (Lipinski definition) is 1. The van der Waals surface area contributed by atoms with Crippen molar-refractivity contribution in [3.63, 3.8) is 0 Å². The summed E-state index contributed by atoms with van der Waals surface area (Å²) in [5.41, 5.74) is 4.35. The summed E-state index contributed by atoms with van der Waals surface area (Å²) >= 11 is 1.71. The van der Waals surface area contributed by atoms with Gasteiger partial charge in [-0.25, -0.2) is 4.98 Å². The highest BCUT2D eigenvalue weighted by molar-refractivity contribution is 7.09. The molecular weight excluding hydrogens is 240 g/mol. The zero-order valence-electron chi connectivity index (χ0n) is 10.6. The summed E-state index contributed by atoms with van der Waals surface area (Å²) in [6, 6.07) is 6.93. The lowest BCUT2D eigenvalue weighted by atomic mass is 9.90. The second kappa shape index (κ2) is 5.11. The van der Waals surface area contributed by atoms with Gasteiger partial charge < -0.3 is 5.32 Å². The van der Waals surface area contributed by atoms with Crippen LogP contribution in [0.15, 0.2) is 29.8 Å². The van der Waals surface area contributed by atoms with E-state index in [1.165, 1.54) is 42.5 Å². The number of aromatic nitrogens is 1. The number of nitrogens with zero attached hydrogens (tertiary/aromatic N) is 1. The molecule has 3 heteroatoms. The number of rotatable bonds is 3. The Morgan fingerprint density at radius 1 is 1.28 bits per heavy atom. The number of anilines is 1. The smallest absolute Gasteiger partial charge is 0.115 e. The Labute approximate surface area is 112 Å². The first-order valence-corrected chi connectivity index (χ1v) is 7.49. The predicted octanol–water partition coefficient (Wildman–Crippen LogP) is 4.20. The fourth-order valence-corrected chi connectivity index (χ4v) is 3.31. The van der Waals surface area contributed by atoms with E-state index in [2.05, 4.69) is 35.4 Å². The number of hydrogen-bond acceptors (Lipinski definition) is 3. The third-order valence-corrected chi connectivity index (χ3v) is 4.55. The molecule has 2 aromatic rings. The monoisotopic (exact) mass is 258 g/mol. The molecule has 1 aliphatic carbocycles. The molecule has 0 amide bonds. The van der Waals surface area contributed by atoms with Crippen LogP contribution in [-0.4, -0.2) is 4.98 Å². The molecule has 0 saturated carbocycles. The number of fused-ring (bicyclic) bond motifs is 1. The van der Waals surface area contributed by atoms with E-state index in [0.717, 1.165) is 5.01 Å². The van der Waals surface area contributed by atoms with Crippen molar-refractivity contribution in [3.05, 3.63) is 45.9 Å². The third kappa shape index (κ3) is 2.27. The fourth-order valence-electron chi connectivity index (χ4n) is 2.66. The fraction of sp³-hybridized carbons (Fsp3) is 0.400. The van der Waals surface area contributed by atoms with Crippen molar-refractivity contribution in [2.45, 2.75) is 38.6 Å². The molecule has 1 aromatic heterocycles. The van der Waals surface area contributed by atoms with Gasteiger partial charge in [-0.2, -0.15) is 0 Å². The Morgan fingerprint density at radius 3 is 3.00 bits per heavy atom. The molecule has 1 aliphatic rings. The van der Waals surface area contributed by atoms with Crippen molar-refractivity contribution in [3.8, 4) is 0 Å². The van der Waals surface area contributed by atoms with Crippen LogP contribution in [0.25, 0.3) is 0 Å². The van der Waals surface area contributed by atoms with Crippen molar-refractivity contribution in [1.29, 1.82) is 0 Å². The molecule has 0 spiro atoms. The summed E-state index contributed by atoms with van der Waals surface area (Å²) in [6.07, 6.45) is 6.97. The molecular formula is C15H18N2S. The number of thiazole rings is 1. The van der Waals surface area contributed by atoms with Gasteiger partial charge in [0.15, 0.2) is 0 Å². The number of nitrogens with one attached hydrogen (secondary N) is 1. The molecule has 1 unspecified atom stereocenters. The highest BCUT2D eigenvalue weighted by Gasteiger charge is 2.15. The van der Waals surface area contributed by atoms with Crippen LogP contribution >= 0.6 is 11.3 Å². The van der Waals surface area contributed by atoms with Gasteiger partial charge in [-0.15, -0.1) is 11.3 Å². The zero-order valence-corrected chi connectivity index (χ0v) is 11.5. The maximum Gasteiger partial charge on any atom is 0.115 e. The Morgan fingerprint density at radius 2 is 2.17 bits per heavy atom. The van der Waals surface area contributed by atoms with Gasteiger partial charge in [-0.3, -0.25) is 0 Å². The molecule has 0 saturated heterocycles. The first-order valence-electron chi connectivity index (χ1n) is 6.61. The van der Waals surface area contributed by atoms with Gasteiger partial charge in [0.05, 0.1) is 6.04 Å². The van der Waals surface area contributed by atoms with Crippen LogP contribution < -0.4 is 5.32 Å². The van der Waals surface area contributed by atoms with E-state index >= 15 is 0 Å². The van der Waals surface area contributed by atoms with Crippen molar-refractivity contribution in [2.75, 3.05) is 5.32 Å². The molecule has 1 aromatic carbocycles. The van der Waals surface area contributed by atoms with Crippen LogP contribution in [0.5, 0.6) is 0 Å². The highest BCUT2D eigenvalue weighted by Crippen LogP contribution is 2.30. The minimum absolute atomic E-state index is 0.290.